The summed E-state index contributed by atoms with van der Waals surface area (Å²) in [4.78, 5) is 26.0. The Kier molecular flexibility index (Phi) is 4.51. The van der Waals surface area contributed by atoms with Crippen molar-refractivity contribution in [3.05, 3.63) is 64.9 Å². The number of hydrogen-bond donors (Lipinski definition) is 1. The van der Waals surface area contributed by atoms with Crippen molar-refractivity contribution in [1.29, 1.82) is 0 Å². The van der Waals surface area contributed by atoms with Crippen LogP contribution in [0, 0.1) is 0 Å². The van der Waals surface area contributed by atoms with Crippen molar-refractivity contribution in [3.8, 4) is 5.75 Å². The molecule has 0 fully saturated rings. The summed E-state index contributed by atoms with van der Waals surface area (Å²) in [6.45, 7) is 3.81. The summed E-state index contributed by atoms with van der Waals surface area (Å²) in [7, 11) is 0. The Morgan fingerprint density at radius 2 is 1.64 bits per heavy atom. The molecular weight excluding hydrogens is 342 g/mol. The molecule has 0 unspecified atom stereocenters. The highest BCUT2D eigenvalue weighted by Gasteiger charge is 2.40. The van der Waals surface area contributed by atoms with Crippen molar-refractivity contribution in [2.24, 2.45) is 0 Å². The number of carbonyl (C=O) groups is 2. The van der Waals surface area contributed by atoms with Gasteiger partial charge in [0.25, 0.3) is 5.91 Å². The molecule has 25 heavy (non-hydrogen) atoms. The second-order valence-electron chi connectivity index (χ2n) is 5.81. The van der Waals surface area contributed by atoms with Crippen LogP contribution in [-0.2, 0) is 9.59 Å². The van der Waals surface area contributed by atoms with E-state index in [1.165, 1.54) is 0 Å². The number of benzene rings is 2. The first kappa shape index (κ1) is 17.0. The van der Waals surface area contributed by atoms with Crippen molar-refractivity contribution in [2.75, 3.05) is 4.90 Å². The summed E-state index contributed by atoms with van der Waals surface area (Å²) in [6, 6.07) is 13.1. The molecule has 2 amide bonds. The van der Waals surface area contributed by atoms with Crippen molar-refractivity contribution in [1.82, 2.24) is 0 Å². The Balaban J connectivity index is 1.96. The zero-order valence-electron chi connectivity index (χ0n) is 13.7. The second kappa shape index (κ2) is 6.61. The van der Waals surface area contributed by atoms with Crippen LogP contribution >= 0.6 is 11.6 Å². The molecule has 2 aromatic rings. The minimum absolute atomic E-state index is 0.0175. The van der Waals surface area contributed by atoms with Gasteiger partial charge in [-0.15, -0.1) is 0 Å². The molecule has 0 radical (unpaired) electrons. The Morgan fingerprint density at radius 1 is 1.00 bits per heavy atom. The van der Waals surface area contributed by atoms with Gasteiger partial charge in [-0.25, -0.2) is 4.90 Å². The zero-order valence-corrected chi connectivity index (χ0v) is 14.4. The van der Waals surface area contributed by atoms with Crippen LogP contribution in [0.1, 0.15) is 19.4 Å². The molecule has 0 aromatic heterocycles. The average molecular weight is 358 g/mol. The van der Waals surface area contributed by atoms with E-state index >= 15 is 0 Å². The van der Waals surface area contributed by atoms with Gasteiger partial charge < -0.3 is 9.84 Å². The largest absolute Gasteiger partial charge is 0.502 e. The third-order valence-corrected chi connectivity index (χ3v) is 3.99. The lowest BCUT2D eigenvalue weighted by atomic mass is 10.1. The molecule has 1 heterocycles. The third kappa shape index (κ3) is 3.10. The van der Waals surface area contributed by atoms with Gasteiger partial charge in [-0.1, -0.05) is 35.9 Å². The summed E-state index contributed by atoms with van der Waals surface area (Å²) >= 11 is 6.08. The Morgan fingerprint density at radius 3 is 2.24 bits per heavy atom. The molecule has 3 rings (SSSR count). The van der Waals surface area contributed by atoms with E-state index in [1.54, 1.807) is 48.5 Å². The van der Waals surface area contributed by atoms with E-state index in [0.29, 0.717) is 11.3 Å². The number of amides is 2. The van der Waals surface area contributed by atoms with Gasteiger partial charge in [0, 0.05) is 0 Å². The topological polar surface area (TPSA) is 66.8 Å². The van der Waals surface area contributed by atoms with Crippen molar-refractivity contribution in [3.63, 3.8) is 0 Å². The highest BCUT2D eigenvalue weighted by molar-refractivity contribution is 6.46. The molecule has 0 aliphatic carbocycles. The maximum absolute atomic E-state index is 12.7. The van der Waals surface area contributed by atoms with Gasteiger partial charge in [0.2, 0.25) is 0 Å². The number of halogens is 1. The van der Waals surface area contributed by atoms with Crippen LogP contribution < -0.4 is 9.64 Å². The van der Waals surface area contributed by atoms with Gasteiger partial charge in [0.1, 0.15) is 5.75 Å². The zero-order chi connectivity index (χ0) is 18.1. The van der Waals surface area contributed by atoms with Crippen molar-refractivity contribution < 1.29 is 19.4 Å². The molecule has 0 bridgehead atoms. The number of hydrogen-bond acceptors (Lipinski definition) is 4. The predicted molar refractivity (Wildman–Crippen MR) is 95.7 cm³/mol. The average Bonchev–Trinajstić information content (AvgIpc) is 2.79. The molecule has 0 atom stereocenters. The summed E-state index contributed by atoms with van der Waals surface area (Å²) in [5.74, 6) is -1.37. The number of anilines is 1. The van der Waals surface area contributed by atoms with Crippen LogP contribution in [0.2, 0.25) is 5.02 Å². The number of aliphatic hydroxyl groups excluding tert-OH is 1. The van der Waals surface area contributed by atoms with Crippen LogP contribution in [0.25, 0.3) is 5.57 Å². The van der Waals surface area contributed by atoms with E-state index in [9.17, 15) is 14.7 Å². The molecule has 6 heteroatoms. The Hall–Kier alpha value is -2.79. The number of imide groups is 1. The van der Waals surface area contributed by atoms with Gasteiger partial charge in [-0.2, -0.15) is 0 Å². The lowest BCUT2D eigenvalue weighted by Crippen LogP contribution is -2.31. The molecule has 0 saturated heterocycles. The maximum atomic E-state index is 12.7. The molecule has 128 valence electrons. The SMILES string of the molecule is CC(C)Oc1ccc(C2=C(O)C(=O)N(c3ccccc3Cl)C2=O)cc1. The summed E-state index contributed by atoms with van der Waals surface area (Å²) < 4.78 is 5.55. The molecule has 5 nitrogen and oxygen atoms in total. The van der Waals surface area contributed by atoms with Crippen LogP contribution in [-0.4, -0.2) is 23.0 Å². The van der Waals surface area contributed by atoms with Gasteiger partial charge in [-0.3, -0.25) is 9.59 Å². The molecule has 1 N–H and O–H groups in total. The fourth-order valence-electron chi connectivity index (χ4n) is 2.60. The Labute approximate surface area is 150 Å². The molecule has 1 aliphatic rings. The van der Waals surface area contributed by atoms with Crippen molar-refractivity contribution in [2.45, 2.75) is 20.0 Å². The van der Waals surface area contributed by atoms with Crippen molar-refractivity contribution >= 4 is 34.7 Å². The monoisotopic (exact) mass is 357 g/mol. The second-order valence-corrected chi connectivity index (χ2v) is 6.22. The molecule has 1 aliphatic heterocycles. The molecule has 0 saturated carbocycles. The lowest BCUT2D eigenvalue weighted by Gasteiger charge is -2.16. The van der Waals surface area contributed by atoms with E-state index < -0.39 is 17.6 Å². The normalized spacial score (nSPS) is 14.6. The minimum atomic E-state index is -0.796. The number of carbonyl (C=O) groups excluding carboxylic acids is 2. The fraction of sp³-hybridized carbons (Fsp3) is 0.158. The summed E-state index contributed by atoms with van der Waals surface area (Å²) in [6.07, 6.45) is 0.0175. The number of ether oxygens (including phenoxy) is 1. The smallest absolute Gasteiger partial charge is 0.301 e. The highest BCUT2D eigenvalue weighted by atomic mass is 35.5. The predicted octanol–water partition coefficient (Wildman–Crippen LogP) is 3.97. The van der Waals surface area contributed by atoms with Crippen LogP contribution in [0.3, 0.4) is 0 Å². The van der Waals surface area contributed by atoms with Crippen LogP contribution in [0.5, 0.6) is 5.75 Å². The Bertz CT molecular complexity index is 871. The van der Waals surface area contributed by atoms with Gasteiger partial charge in [0.05, 0.1) is 22.4 Å². The first-order chi connectivity index (χ1) is 11.9. The maximum Gasteiger partial charge on any atom is 0.301 e. The van der Waals surface area contributed by atoms with Crippen LogP contribution in [0.4, 0.5) is 5.69 Å². The molecule has 0 spiro atoms. The number of rotatable bonds is 4. The van der Waals surface area contributed by atoms with Gasteiger partial charge in [0.15, 0.2) is 5.76 Å². The van der Waals surface area contributed by atoms with E-state index in [0.717, 1.165) is 4.90 Å². The summed E-state index contributed by atoms with van der Waals surface area (Å²) in [5, 5.41) is 10.5. The number of aliphatic hydroxyl groups is 1. The lowest BCUT2D eigenvalue weighted by molar-refractivity contribution is -0.121. The highest BCUT2D eigenvalue weighted by Crippen LogP contribution is 2.35. The van der Waals surface area contributed by atoms with E-state index in [4.69, 9.17) is 16.3 Å². The van der Waals surface area contributed by atoms with E-state index in [1.807, 2.05) is 13.8 Å². The van der Waals surface area contributed by atoms with Gasteiger partial charge >= 0.3 is 5.91 Å². The standard InChI is InChI=1S/C19H16ClNO4/c1-11(2)25-13-9-7-12(8-10-13)16-17(22)19(24)21(18(16)23)15-6-4-3-5-14(15)20/h3-11,22H,1-2H3. The first-order valence-electron chi connectivity index (χ1n) is 7.73. The number of nitrogens with zero attached hydrogens (tertiary/aromatic N) is 1. The number of para-hydroxylation sites is 1. The quantitative estimate of drug-likeness (QED) is 0.841. The summed E-state index contributed by atoms with van der Waals surface area (Å²) in [5.41, 5.74) is 0.614. The van der Waals surface area contributed by atoms with E-state index in [-0.39, 0.29) is 22.4 Å². The molecular formula is C19H16ClNO4. The third-order valence-electron chi connectivity index (χ3n) is 3.67. The van der Waals surface area contributed by atoms with Gasteiger partial charge in [-0.05, 0) is 43.7 Å². The van der Waals surface area contributed by atoms with Crippen LogP contribution in [0.15, 0.2) is 54.3 Å². The van der Waals surface area contributed by atoms with E-state index in [2.05, 4.69) is 0 Å². The first-order valence-corrected chi connectivity index (χ1v) is 8.11. The molecule has 2 aromatic carbocycles. The minimum Gasteiger partial charge on any atom is -0.502 e. The fourth-order valence-corrected chi connectivity index (χ4v) is 2.82.